The van der Waals surface area contributed by atoms with Crippen LogP contribution in [0.3, 0.4) is 0 Å². The summed E-state index contributed by atoms with van der Waals surface area (Å²) >= 11 is 0. The summed E-state index contributed by atoms with van der Waals surface area (Å²) in [6, 6.07) is 16.5. The Balaban J connectivity index is 1.58. The molecular formula is C23H26O2. The van der Waals surface area contributed by atoms with Crippen LogP contribution in [0.1, 0.15) is 25.0 Å². The van der Waals surface area contributed by atoms with E-state index in [1.165, 1.54) is 16.7 Å². The molecule has 0 N–H and O–H groups in total. The topological polar surface area (TPSA) is 18.5 Å². The molecule has 1 atom stereocenters. The highest BCUT2D eigenvalue weighted by Crippen LogP contribution is 2.26. The van der Waals surface area contributed by atoms with Crippen LogP contribution in [0.4, 0.5) is 0 Å². The molecule has 1 unspecified atom stereocenters. The van der Waals surface area contributed by atoms with Gasteiger partial charge in [-0.25, -0.2) is 0 Å². The third-order valence-corrected chi connectivity index (χ3v) is 4.65. The lowest BCUT2D eigenvalue weighted by molar-refractivity contribution is 0.272. The van der Waals surface area contributed by atoms with Gasteiger partial charge in [-0.1, -0.05) is 68.5 Å². The molecular weight excluding hydrogens is 308 g/mol. The van der Waals surface area contributed by atoms with Crippen LogP contribution in [-0.2, 0) is 12.8 Å². The van der Waals surface area contributed by atoms with Gasteiger partial charge in [-0.05, 0) is 41.7 Å². The van der Waals surface area contributed by atoms with E-state index in [0.29, 0.717) is 13.2 Å². The standard InChI is InChI=1S/C23H26O2/c1-3-18-10-5-7-14-22(18)24-16-20-12-9-13-21(20)17-25-23-15-8-6-11-19(23)4-2/h5-15,20H,3-4,16-17H2,1-2H3. The Morgan fingerprint density at radius 2 is 1.40 bits per heavy atom. The average molecular weight is 334 g/mol. The lowest BCUT2D eigenvalue weighted by Gasteiger charge is -2.18. The highest BCUT2D eigenvalue weighted by atomic mass is 16.5. The molecule has 0 aromatic heterocycles. The molecule has 25 heavy (non-hydrogen) atoms. The Hall–Kier alpha value is -2.48. The van der Waals surface area contributed by atoms with Crippen LogP contribution in [-0.4, -0.2) is 13.2 Å². The van der Waals surface area contributed by atoms with Gasteiger partial charge in [0.15, 0.2) is 0 Å². The van der Waals surface area contributed by atoms with Gasteiger partial charge in [0.05, 0.1) is 6.61 Å². The summed E-state index contributed by atoms with van der Waals surface area (Å²) in [4.78, 5) is 0. The minimum absolute atomic E-state index is 0.277. The summed E-state index contributed by atoms with van der Waals surface area (Å²) in [5, 5.41) is 0. The van der Waals surface area contributed by atoms with E-state index in [4.69, 9.17) is 9.47 Å². The lowest BCUT2D eigenvalue weighted by Crippen LogP contribution is -2.16. The lowest BCUT2D eigenvalue weighted by atomic mass is 10.0. The van der Waals surface area contributed by atoms with Crippen LogP contribution >= 0.6 is 0 Å². The highest BCUT2D eigenvalue weighted by molar-refractivity contribution is 5.36. The Bertz CT molecular complexity index is 758. The van der Waals surface area contributed by atoms with E-state index < -0.39 is 0 Å². The normalized spacial score (nSPS) is 15.9. The monoisotopic (exact) mass is 334 g/mol. The molecule has 1 aliphatic carbocycles. The predicted molar refractivity (Wildman–Crippen MR) is 103 cm³/mol. The molecule has 3 rings (SSSR count). The molecule has 2 aromatic rings. The van der Waals surface area contributed by atoms with Crippen molar-refractivity contribution in [3.8, 4) is 11.5 Å². The van der Waals surface area contributed by atoms with Crippen LogP contribution in [0.5, 0.6) is 11.5 Å². The van der Waals surface area contributed by atoms with Gasteiger partial charge in [-0.2, -0.15) is 0 Å². The molecule has 0 spiro atoms. The Labute approximate surface area is 150 Å². The zero-order valence-electron chi connectivity index (χ0n) is 15.1. The van der Waals surface area contributed by atoms with Gasteiger partial charge < -0.3 is 9.47 Å². The maximum atomic E-state index is 6.09. The minimum Gasteiger partial charge on any atom is -0.492 e. The largest absolute Gasteiger partial charge is 0.492 e. The van der Waals surface area contributed by atoms with Crippen molar-refractivity contribution in [1.29, 1.82) is 0 Å². The van der Waals surface area contributed by atoms with Gasteiger partial charge in [0.1, 0.15) is 18.1 Å². The first-order valence-electron chi connectivity index (χ1n) is 9.10. The van der Waals surface area contributed by atoms with Gasteiger partial charge in [-0.15, -0.1) is 0 Å². The third-order valence-electron chi connectivity index (χ3n) is 4.65. The molecule has 2 aromatic carbocycles. The van der Waals surface area contributed by atoms with E-state index in [-0.39, 0.29) is 5.92 Å². The minimum atomic E-state index is 0.277. The van der Waals surface area contributed by atoms with Gasteiger partial charge >= 0.3 is 0 Å². The fourth-order valence-electron chi connectivity index (χ4n) is 3.09. The summed E-state index contributed by atoms with van der Waals surface area (Å²) in [5.74, 6) is 2.24. The summed E-state index contributed by atoms with van der Waals surface area (Å²) in [6.07, 6.45) is 8.40. The van der Waals surface area contributed by atoms with Crippen LogP contribution in [0.15, 0.2) is 72.3 Å². The van der Waals surface area contributed by atoms with Gasteiger partial charge in [0.25, 0.3) is 0 Å². The first-order chi connectivity index (χ1) is 12.3. The second kappa shape index (κ2) is 8.57. The predicted octanol–water partition coefficient (Wildman–Crippen LogP) is 5.38. The average Bonchev–Trinajstić information content (AvgIpc) is 3.12. The molecule has 0 saturated heterocycles. The number of hydrogen-bond donors (Lipinski definition) is 0. The van der Waals surface area contributed by atoms with E-state index in [9.17, 15) is 0 Å². The number of benzene rings is 2. The maximum absolute atomic E-state index is 6.09. The zero-order valence-corrected chi connectivity index (χ0v) is 15.1. The van der Waals surface area contributed by atoms with E-state index >= 15 is 0 Å². The second-order valence-corrected chi connectivity index (χ2v) is 6.26. The molecule has 2 nitrogen and oxygen atoms in total. The summed E-state index contributed by atoms with van der Waals surface area (Å²) in [5.41, 5.74) is 3.77. The van der Waals surface area contributed by atoms with Crippen molar-refractivity contribution in [2.75, 3.05) is 13.2 Å². The Morgan fingerprint density at radius 1 is 0.800 bits per heavy atom. The van der Waals surface area contributed by atoms with Crippen molar-refractivity contribution >= 4 is 0 Å². The highest BCUT2D eigenvalue weighted by Gasteiger charge is 2.17. The number of rotatable bonds is 8. The molecule has 0 radical (unpaired) electrons. The molecule has 0 fully saturated rings. The smallest absolute Gasteiger partial charge is 0.122 e. The fourth-order valence-corrected chi connectivity index (χ4v) is 3.09. The first-order valence-corrected chi connectivity index (χ1v) is 9.10. The van der Waals surface area contributed by atoms with E-state index in [2.05, 4.69) is 62.4 Å². The molecule has 0 heterocycles. The Kier molecular flexibility index (Phi) is 5.95. The van der Waals surface area contributed by atoms with Crippen molar-refractivity contribution in [1.82, 2.24) is 0 Å². The number of para-hydroxylation sites is 2. The number of hydrogen-bond acceptors (Lipinski definition) is 2. The van der Waals surface area contributed by atoms with E-state index in [1.54, 1.807) is 0 Å². The molecule has 0 amide bonds. The van der Waals surface area contributed by atoms with Crippen molar-refractivity contribution in [2.24, 2.45) is 5.92 Å². The van der Waals surface area contributed by atoms with Crippen molar-refractivity contribution in [3.05, 3.63) is 83.5 Å². The molecule has 0 aliphatic heterocycles. The number of aryl methyl sites for hydroxylation is 2. The van der Waals surface area contributed by atoms with Crippen LogP contribution < -0.4 is 9.47 Å². The summed E-state index contributed by atoms with van der Waals surface area (Å²) < 4.78 is 12.2. The van der Waals surface area contributed by atoms with Crippen molar-refractivity contribution < 1.29 is 9.47 Å². The van der Waals surface area contributed by atoms with Gasteiger partial charge in [-0.3, -0.25) is 0 Å². The van der Waals surface area contributed by atoms with Crippen LogP contribution in [0.25, 0.3) is 0 Å². The van der Waals surface area contributed by atoms with Crippen molar-refractivity contribution in [3.63, 3.8) is 0 Å². The van der Waals surface area contributed by atoms with E-state index in [0.717, 1.165) is 24.3 Å². The maximum Gasteiger partial charge on any atom is 0.122 e. The Morgan fingerprint density at radius 3 is 2.04 bits per heavy atom. The molecule has 1 aliphatic rings. The quantitative estimate of drug-likeness (QED) is 0.645. The third kappa shape index (κ3) is 4.33. The molecule has 0 bridgehead atoms. The number of ether oxygens (including phenoxy) is 2. The van der Waals surface area contributed by atoms with Crippen molar-refractivity contribution in [2.45, 2.75) is 26.7 Å². The van der Waals surface area contributed by atoms with E-state index in [1.807, 2.05) is 18.2 Å². The molecule has 0 saturated carbocycles. The molecule has 130 valence electrons. The fraction of sp³-hybridized carbons (Fsp3) is 0.304. The number of allylic oxidation sites excluding steroid dienone is 2. The van der Waals surface area contributed by atoms with Crippen LogP contribution in [0, 0.1) is 5.92 Å². The summed E-state index contributed by atoms with van der Waals surface area (Å²) in [6.45, 7) is 5.56. The summed E-state index contributed by atoms with van der Waals surface area (Å²) in [7, 11) is 0. The second-order valence-electron chi connectivity index (χ2n) is 6.26. The molecule has 2 heteroatoms. The zero-order chi connectivity index (χ0) is 17.5. The first kappa shape index (κ1) is 17.3. The SMILES string of the molecule is CCc1ccccc1OCC1=CC=CC1COc1ccccc1CC. The van der Waals surface area contributed by atoms with Crippen LogP contribution in [0.2, 0.25) is 0 Å². The van der Waals surface area contributed by atoms with Gasteiger partial charge in [0.2, 0.25) is 0 Å². The van der Waals surface area contributed by atoms with Gasteiger partial charge in [0, 0.05) is 5.92 Å².